The van der Waals surface area contributed by atoms with E-state index in [2.05, 4.69) is 23.3 Å². The predicted molar refractivity (Wildman–Crippen MR) is 111 cm³/mol. The number of thiocarbonyl (C=S) groups is 1. The molecule has 1 fully saturated rings. The lowest BCUT2D eigenvalue weighted by atomic mass is 10.0. The van der Waals surface area contributed by atoms with E-state index in [4.69, 9.17) is 17.0 Å². The van der Waals surface area contributed by atoms with E-state index in [9.17, 15) is 9.90 Å². The number of fused-ring (bicyclic) bond motifs is 1. The second kappa shape index (κ2) is 8.82. The Labute approximate surface area is 164 Å². The largest absolute Gasteiger partial charge is 0.395 e. The van der Waals surface area contributed by atoms with Crippen LogP contribution in [0.5, 0.6) is 0 Å². The van der Waals surface area contributed by atoms with Gasteiger partial charge >= 0.3 is 0 Å². The van der Waals surface area contributed by atoms with Crippen molar-refractivity contribution in [1.29, 1.82) is 0 Å². The van der Waals surface area contributed by atoms with Crippen molar-refractivity contribution in [1.82, 2.24) is 15.2 Å². The summed E-state index contributed by atoms with van der Waals surface area (Å²) in [6.07, 6.45) is 2.28. The number of nitrogens with one attached hydrogen (secondary N) is 2. The molecule has 3 N–H and O–H groups in total. The average Bonchev–Trinajstić information content (AvgIpc) is 3.15. The van der Waals surface area contributed by atoms with Gasteiger partial charge in [-0.2, -0.15) is 0 Å². The molecule has 2 aromatic rings. The van der Waals surface area contributed by atoms with E-state index in [1.807, 2.05) is 24.0 Å². The molecule has 6 nitrogen and oxygen atoms in total. The predicted octanol–water partition coefficient (Wildman–Crippen LogP) is 1.99. The van der Waals surface area contributed by atoms with Gasteiger partial charge in [0.05, 0.1) is 19.3 Å². The second-order valence-electron chi connectivity index (χ2n) is 7.11. The van der Waals surface area contributed by atoms with Gasteiger partial charge in [-0.3, -0.25) is 4.79 Å². The van der Waals surface area contributed by atoms with Gasteiger partial charge in [-0.25, -0.2) is 0 Å². The number of aromatic amines is 1. The molecule has 1 aliphatic heterocycles. The van der Waals surface area contributed by atoms with Crippen molar-refractivity contribution in [2.45, 2.75) is 39.3 Å². The summed E-state index contributed by atoms with van der Waals surface area (Å²) in [4.78, 5) is 17.3. The molecule has 1 aromatic carbocycles. The summed E-state index contributed by atoms with van der Waals surface area (Å²) in [6.45, 7) is 6.20. The van der Waals surface area contributed by atoms with Crippen LogP contribution < -0.4 is 10.9 Å². The maximum Gasteiger partial charge on any atom is 0.253 e. The second-order valence-corrected chi connectivity index (χ2v) is 7.50. The van der Waals surface area contributed by atoms with Crippen molar-refractivity contribution >= 4 is 28.2 Å². The topological polar surface area (TPSA) is 77.6 Å². The van der Waals surface area contributed by atoms with Gasteiger partial charge in [-0.05, 0) is 73.6 Å². The molecule has 146 valence electrons. The molecule has 1 atom stereocenters. The Morgan fingerprint density at radius 3 is 2.85 bits per heavy atom. The van der Waals surface area contributed by atoms with Crippen LogP contribution in [0.25, 0.3) is 10.9 Å². The Kier molecular flexibility index (Phi) is 6.46. The molecule has 1 aliphatic rings. The van der Waals surface area contributed by atoms with Crippen molar-refractivity contribution < 1.29 is 9.84 Å². The Morgan fingerprint density at radius 1 is 1.37 bits per heavy atom. The molecule has 1 aromatic heterocycles. The molecule has 0 spiro atoms. The van der Waals surface area contributed by atoms with Gasteiger partial charge in [0, 0.05) is 30.8 Å². The van der Waals surface area contributed by atoms with Gasteiger partial charge in [0.2, 0.25) is 0 Å². The van der Waals surface area contributed by atoms with E-state index in [1.165, 1.54) is 5.56 Å². The highest BCUT2D eigenvalue weighted by atomic mass is 32.1. The number of aliphatic hydroxyl groups excluding tert-OH is 1. The molecule has 0 bridgehead atoms. The van der Waals surface area contributed by atoms with Gasteiger partial charge in [-0.15, -0.1) is 0 Å². The number of ether oxygens (including phenoxy) is 1. The SMILES string of the molecule is Cc1cc2cc(CN(CCO)C(=S)NC[C@H]3CCCO3)c(=O)[nH]c2cc1C. The number of rotatable bonds is 6. The molecular formula is C20H27N3O3S. The maximum atomic E-state index is 12.5. The van der Waals surface area contributed by atoms with E-state index in [-0.39, 0.29) is 18.3 Å². The first-order valence-electron chi connectivity index (χ1n) is 9.36. The van der Waals surface area contributed by atoms with Gasteiger partial charge < -0.3 is 25.0 Å². The van der Waals surface area contributed by atoms with Crippen molar-refractivity contribution in [2.24, 2.45) is 0 Å². The smallest absolute Gasteiger partial charge is 0.253 e. The minimum absolute atomic E-state index is 0.0362. The van der Waals surface area contributed by atoms with Gasteiger partial charge in [0.25, 0.3) is 5.56 Å². The van der Waals surface area contributed by atoms with Crippen LogP contribution >= 0.6 is 12.2 Å². The molecule has 0 saturated carbocycles. The number of aryl methyl sites for hydroxylation is 2. The van der Waals surface area contributed by atoms with Crippen molar-refractivity contribution in [3.63, 3.8) is 0 Å². The Balaban J connectivity index is 1.76. The van der Waals surface area contributed by atoms with Gasteiger partial charge in [0.15, 0.2) is 5.11 Å². The number of hydrogen-bond donors (Lipinski definition) is 3. The fourth-order valence-corrected chi connectivity index (χ4v) is 3.58. The third-order valence-corrected chi connectivity index (χ3v) is 5.46. The molecule has 0 unspecified atom stereocenters. The Bertz CT molecular complexity index is 875. The van der Waals surface area contributed by atoms with Crippen molar-refractivity contribution in [2.75, 3.05) is 26.3 Å². The summed E-state index contributed by atoms with van der Waals surface area (Å²) in [7, 11) is 0. The first-order chi connectivity index (χ1) is 13.0. The maximum absolute atomic E-state index is 12.5. The third-order valence-electron chi connectivity index (χ3n) is 5.06. The molecule has 7 heteroatoms. The number of nitrogens with zero attached hydrogens (tertiary/aromatic N) is 1. The molecular weight excluding hydrogens is 362 g/mol. The van der Waals surface area contributed by atoms with Crippen LogP contribution in [-0.2, 0) is 11.3 Å². The molecule has 27 heavy (non-hydrogen) atoms. The Morgan fingerprint density at radius 2 is 2.15 bits per heavy atom. The van der Waals surface area contributed by atoms with E-state index in [0.29, 0.717) is 30.3 Å². The summed E-state index contributed by atoms with van der Waals surface area (Å²) < 4.78 is 5.60. The number of hydrogen-bond acceptors (Lipinski definition) is 4. The molecule has 2 heterocycles. The molecule has 0 radical (unpaired) electrons. The van der Waals surface area contributed by atoms with E-state index < -0.39 is 0 Å². The van der Waals surface area contributed by atoms with Crippen LogP contribution in [0.3, 0.4) is 0 Å². The summed E-state index contributed by atoms with van der Waals surface area (Å²) in [6, 6.07) is 5.98. The van der Waals surface area contributed by atoms with Crippen LogP contribution in [0, 0.1) is 13.8 Å². The summed E-state index contributed by atoms with van der Waals surface area (Å²) in [5, 5.41) is 14.1. The van der Waals surface area contributed by atoms with Crippen LogP contribution in [0.1, 0.15) is 29.5 Å². The van der Waals surface area contributed by atoms with Gasteiger partial charge in [0.1, 0.15) is 0 Å². The third kappa shape index (κ3) is 4.86. The van der Waals surface area contributed by atoms with Crippen LogP contribution in [-0.4, -0.2) is 52.5 Å². The van der Waals surface area contributed by atoms with Crippen molar-refractivity contribution in [3.05, 3.63) is 45.2 Å². The number of pyridine rings is 1. The number of aromatic nitrogens is 1. The van der Waals surface area contributed by atoms with Crippen LogP contribution in [0.15, 0.2) is 23.0 Å². The van der Waals surface area contributed by atoms with Crippen molar-refractivity contribution in [3.8, 4) is 0 Å². The molecule has 0 amide bonds. The first-order valence-corrected chi connectivity index (χ1v) is 9.77. The van der Waals surface area contributed by atoms with Crippen LogP contribution in [0.2, 0.25) is 0 Å². The molecule has 3 rings (SSSR count). The zero-order chi connectivity index (χ0) is 19.4. The standard InChI is InChI=1S/C20H27N3O3S/c1-13-8-15-10-16(19(25)22-18(15)9-14(13)2)12-23(5-6-24)20(27)21-11-17-4-3-7-26-17/h8-10,17,24H,3-7,11-12H2,1-2H3,(H,21,27)(H,22,25)/t17-/m1/s1. The minimum Gasteiger partial charge on any atom is -0.395 e. The highest BCUT2D eigenvalue weighted by molar-refractivity contribution is 7.80. The fourth-order valence-electron chi connectivity index (χ4n) is 3.34. The fraction of sp³-hybridized carbons (Fsp3) is 0.500. The highest BCUT2D eigenvalue weighted by Crippen LogP contribution is 2.18. The highest BCUT2D eigenvalue weighted by Gasteiger charge is 2.18. The lowest BCUT2D eigenvalue weighted by Crippen LogP contribution is -2.44. The summed E-state index contributed by atoms with van der Waals surface area (Å²) in [5.74, 6) is 0. The molecule has 1 saturated heterocycles. The minimum atomic E-state index is -0.129. The zero-order valence-corrected chi connectivity index (χ0v) is 16.7. The van der Waals surface area contributed by atoms with Crippen LogP contribution in [0.4, 0.5) is 0 Å². The zero-order valence-electron chi connectivity index (χ0n) is 15.9. The first kappa shape index (κ1) is 19.8. The van der Waals surface area contributed by atoms with Gasteiger partial charge in [-0.1, -0.05) is 0 Å². The number of benzene rings is 1. The number of H-pyrrole nitrogens is 1. The van der Waals surface area contributed by atoms with E-state index in [0.717, 1.165) is 35.9 Å². The Hall–Kier alpha value is -1.96. The van der Waals surface area contributed by atoms with E-state index >= 15 is 0 Å². The lowest BCUT2D eigenvalue weighted by Gasteiger charge is -2.26. The monoisotopic (exact) mass is 389 g/mol. The number of aliphatic hydroxyl groups is 1. The normalized spacial score (nSPS) is 16.6. The summed E-state index contributed by atoms with van der Waals surface area (Å²) >= 11 is 5.49. The quantitative estimate of drug-likeness (QED) is 0.656. The van der Waals surface area contributed by atoms with E-state index in [1.54, 1.807) is 0 Å². The average molecular weight is 390 g/mol. The summed E-state index contributed by atoms with van der Waals surface area (Å²) in [5.41, 5.74) is 3.66. The lowest BCUT2D eigenvalue weighted by molar-refractivity contribution is 0.113. The molecule has 0 aliphatic carbocycles.